The lowest BCUT2D eigenvalue weighted by Gasteiger charge is -2.22. The lowest BCUT2D eigenvalue weighted by Crippen LogP contribution is -2.55. The highest BCUT2D eigenvalue weighted by atomic mass is 32.2. The number of rotatable bonds is 11. The zero-order valence-electron chi connectivity index (χ0n) is 14.6. The SMILES string of the molecule is CSCCC(NC(=O)C(N)CO)C(=O)NC(Cc1ccccc1)C(=O)O. The van der Waals surface area contributed by atoms with Crippen LogP contribution in [0, 0.1) is 0 Å². The Balaban J connectivity index is 2.79. The highest BCUT2D eigenvalue weighted by Crippen LogP contribution is 2.06. The molecule has 1 rings (SSSR count). The number of nitrogens with two attached hydrogens (primary N) is 1. The van der Waals surface area contributed by atoms with Gasteiger partial charge in [0.25, 0.3) is 0 Å². The van der Waals surface area contributed by atoms with Crippen LogP contribution in [0.25, 0.3) is 0 Å². The van der Waals surface area contributed by atoms with E-state index in [0.29, 0.717) is 12.2 Å². The Hall–Kier alpha value is -2.10. The van der Waals surface area contributed by atoms with E-state index in [4.69, 9.17) is 10.8 Å². The predicted octanol–water partition coefficient (Wildman–Crippen LogP) is -0.644. The van der Waals surface area contributed by atoms with Gasteiger partial charge in [-0.3, -0.25) is 9.59 Å². The zero-order valence-corrected chi connectivity index (χ0v) is 15.4. The second-order valence-electron chi connectivity index (χ2n) is 5.72. The molecule has 0 saturated carbocycles. The van der Waals surface area contributed by atoms with E-state index >= 15 is 0 Å². The van der Waals surface area contributed by atoms with Gasteiger partial charge in [-0.05, 0) is 24.0 Å². The Labute approximate surface area is 156 Å². The number of hydrogen-bond acceptors (Lipinski definition) is 6. The van der Waals surface area contributed by atoms with E-state index in [0.717, 1.165) is 5.56 Å². The van der Waals surface area contributed by atoms with Crippen LogP contribution in [0.1, 0.15) is 12.0 Å². The van der Waals surface area contributed by atoms with E-state index in [1.807, 2.05) is 12.3 Å². The van der Waals surface area contributed by atoms with Gasteiger partial charge in [0.15, 0.2) is 0 Å². The fourth-order valence-corrected chi connectivity index (χ4v) is 2.66. The van der Waals surface area contributed by atoms with Crippen molar-refractivity contribution >= 4 is 29.5 Å². The molecule has 0 bridgehead atoms. The van der Waals surface area contributed by atoms with Crippen LogP contribution in [0.2, 0.25) is 0 Å². The van der Waals surface area contributed by atoms with Crippen LogP contribution in [0.15, 0.2) is 30.3 Å². The molecule has 0 aliphatic rings. The first kappa shape index (κ1) is 21.9. The van der Waals surface area contributed by atoms with Crippen molar-refractivity contribution in [2.24, 2.45) is 5.73 Å². The van der Waals surface area contributed by atoms with Crippen molar-refractivity contribution in [1.82, 2.24) is 10.6 Å². The van der Waals surface area contributed by atoms with Crippen LogP contribution >= 0.6 is 11.8 Å². The molecule has 2 amide bonds. The molecule has 9 heteroatoms. The third-order valence-electron chi connectivity index (χ3n) is 3.67. The highest BCUT2D eigenvalue weighted by Gasteiger charge is 2.27. The fourth-order valence-electron chi connectivity index (χ4n) is 2.19. The minimum absolute atomic E-state index is 0.126. The molecule has 0 radical (unpaired) electrons. The molecule has 1 aromatic rings. The van der Waals surface area contributed by atoms with Gasteiger partial charge in [0.2, 0.25) is 11.8 Å². The van der Waals surface area contributed by atoms with Crippen molar-refractivity contribution in [2.75, 3.05) is 18.6 Å². The molecule has 8 nitrogen and oxygen atoms in total. The maximum atomic E-state index is 12.5. The Kier molecular flexibility index (Phi) is 9.71. The van der Waals surface area contributed by atoms with Crippen LogP contribution < -0.4 is 16.4 Å². The Morgan fingerprint density at radius 2 is 1.73 bits per heavy atom. The Morgan fingerprint density at radius 1 is 1.12 bits per heavy atom. The van der Waals surface area contributed by atoms with Crippen LogP contribution in [0.3, 0.4) is 0 Å². The molecular formula is C17H25N3O5S. The number of aliphatic carboxylic acids is 1. The normalized spacial score (nSPS) is 14.1. The minimum Gasteiger partial charge on any atom is -0.480 e. The molecule has 144 valence electrons. The van der Waals surface area contributed by atoms with Gasteiger partial charge in [0.05, 0.1) is 6.61 Å². The predicted molar refractivity (Wildman–Crippen MR) is 99.7 cm³/mol. The lowest BCUT2D eigenvalue weighted by atomic mass is 10.1. The topological polar surface area (TPSA) is 142 Å². The molecule has 1 aromatic carbocycles. The summed E-state index contributed by atoms with van der Waals surface area (Å²) in [6.07, 6.45) is 2.29. The number of carboxylic acids is 1. The van der Waals surface area contributed by atoms with Gasteiger partial charge in [-0.1, -0.05) is 30.3 Å². The molecule has 0 heterocycles. The summed E-state index contributed by atoms with van der Waals surface area (Å²) in [5.41, 5.74) is 6.22. The highest BCUT2D eigenvalue weighted by molar-refractivity contribution is 7.98. The summed E-state index contributed by atoms with van der Waals surface area (Å²) in [4.78, 5) is 35.9. The zero-order chi connectivity index (χ0) is 19.5. The molecule has 3 unspecified atom stereocenters. The van der Waals surface area contributed by atoms with Crippen molar-refractivity contribution in [3.05, 3.63) is 35.9 Å². The molecule has 6 N–H and O–H groups in total. The third-order valence-corrected chi connectivity index (χ3v) is 4.32. The first-order chi connectivity index (χ1) is 12.4. The Bertz CT molecular complexity index is 599. The van der Waals surface area contributed by atoms with Crippen LogP contribution in [0.4, 0.5) is 0 Å². The number of thioether (sulfide) groups is 1. The molecule has 0 aliphatic heterocycles. The van der Waals surface area contributed by atoms with Gasteiger partial charge in [-0.15, -0.1) is 0 Å². The first-order valence-corrected chi connectivity index (χ1v) is 9.51. The fraction of sp³-hybridized carbons (Fsp3) is 0.471. The summed E-state index contributed by atoms with van der Waals surface area (Å²) in [5, 5.41) is 23.3. The summed E-state index contributed by atoms with van der Waals surface area (Å²) in [6.45, 7) is -0.547. The van der Waals surface area contributed by atoms with Gasteiger partial charge in [0.1, 0.15) is 18.1 Å². The average molecular weight is 383 g/mol. The molecule has 0 fully saturated rings. The lowest BCUT2D eigenvalue weighted by molar-refractivity contribution is -0.142. The smallest absolute Gasteiger partial charge is 0.326 e. The van der Waals surface area contributed by atoms with Gasteiger partial charge in [-0.25, -0.2) is 4.79 Å². The number of hydrogen-bond donors (Lipinski definition) is 5. The van der Waals surface area contributed by atoms with Crippen molar-refractivity contribution in [3.8, 4) is 0 Å². The summed E-state index contributed by atoms with van der Waals surface area (Å²) >= 11 is 1.49. The van der Waals surface area contributed by atoms with E-state index in [1.165, 1.54) is 11.8 Å². The summed E-state index contributed by atoms with van der Waals surface area (Å²) in [5.74, 6) is -1.84. The van der Waals surface area contributed by atoms with Crippen LogP contribution in [-0.2, 0) is 20.8 Å². The van der Waals surface area contributed by atoms with Gasteiger partial charge in [-0.2, -0.15) is 11.8 Å². The number of nitrogens with one attached hydrogen (secondary N) is 2. The average Bonchev–Trinajstić information content (AvgIpc) is 2.64. The second-order valence-corrected chi connectivity index (χ2v) is 6.71. The number of benzene rings is 1. The number of aliphatic hydroxyl groups excluding tert-OH is 1. The molecule has 0 spiro atoms. The summed E-state index contributed by atoms with van der Waals surface area (Å²) in [6, 6.07) is 5.75. The standard InChI is InChI=1S/C17H25N3O5S/c1-26-8-7-13(19-15(22)12(18)10-21)16(23)20-14(17(24)25)9-11-5-3-2-4-6-11/h2-6,12-14,21H,7-10,18H2,1H3,(H,19,22)(H,20,23)(H,24,25). The first-order valence-electron chi connectivity index (χ1n) is 8.11. The van der Waals surface area contributed by atoms with Gasteiger partial charge < -0.3 is 26.6 Å². The quantitative estimate of drug-likeness (QED) is 0.342. The van der Waals surface area contributed by atoms with E-state index < -0.39 is 42.5 Å². The van der Waals surface area contributed by atoms with Gasteiger partial charge >= 0.3 is 5.97 Å². The number of carboxylic acid groups (broad SMARTS) is 1. The molecule has 26 heavy (non-hydrogen) atoms. The maximum absolute atomic E-state index is 12.5. The Morgan fingerprint density at radius 3 is 2.27 bits per heavy atom. The molecule has 0 aliphatic carbocycles. The van der Waals surface area contributed by atoms with E-state index in [1.54, 1.807) is 24.3 Å². The van der Waals surface area contributed by atoms with Crippen molar-refractivity contribution < 1.29 is 24.6 Å². The third kappa shape index (κ3) is 7.42. The molecule has 0 aromatic heterocycles. The van der Waals surface area contributed by atoms with E-state index in [2.05, 4.69) is 10.6 Å². The van der Waals surface area contributed by atoms with E-state index in [-0.39, 0.29) is 6.42 Å². The number of carbonyl (C=O) groups excluding carboxylic acids is 2. The van der Waals surface area contributed by atoms with Gasteiger partial charge in [0, 0.05) is 6.42 Å². The maximum Gasteiger partial charge on any atom is 0.326 e. The number of carbonyl (C=O) groups is 3. The van der Waals surface area contributed by atoms with Crippen LogP contribution in [-0.4, -0.2) is 64.7 Å². The molecular weight excluding hydrogens is 358 g/mol. The minimum atomic E-state index is -1.16. The van der Waals surface area contributed by atoms with Crippen LogP contribution in [0.5, 0.6) is 0 Å². The van der Waals surface area contributed by atoms with E-state index in [9.17, 15) is 19.5 Å². The monoisotopic (exact) mass is 383 g/mol. The number of amides is 2. The number of aliphatic hydroxyl groups is 1. The molecule has 3 atom stereocenters. The van der Waals surface area contributed by atoms with Crippen molar-refractivity contribution in [1.29, 1.82) is 0 Å². The molecule has 0 saturated heterocycles. The van der Waals surface area contributed by atoms with Crippen molar-refractivity contribution in [2.45, 2.75) is 31.0 Å². The largest absolute Gasteiger partial charge is 0.480 e. The summed E-state index contributed by atoms with van der Waals surface area (Å²) in [7, 11) is 0. The summed E-state index contributed by atoms with van der Waals surface area (Å²) < 4.78 is 0. The second kappa shape index (κ2) is 11.5. The van der Waals surface area contributed by atoms with Crippen molar-refractivity contribution in [3.63, 3.8) is 0 Å².